The Morgan fingerprint density at radius 3 is 2.62 bits per heavy atom. The molecule has 5 rings (SSSR count). The van der Waals surface area contributed by atoms with E-state index in [9.17, 15) is 9.90 Å². The molecule has 1 aliphatic rings. The molecule has 0 aliphatic heterocycles. The van der Waals surface area contributed by atoms with Crippen LogP contribution in [0.2, 0.25) is 5.02 Å². The molecule has 0 saturated heterocycles. The van der Waals surface area contributed by atoms with E-state index in [1.54, 1.807) is 16.8 Å². The maximum absolute atomic E-state index is 12.8. The van der Waals surface area contributed by atoms with Crippen LogP contribution in [-0.2, 0) is 6.61 Å². The van der Waals surface area contributed by atoms with Crippen molar-refractivity contribution in [3.63, 3.8) is 0 Å². The third-order valence-electron chi connectivity index (χ3n) is 7.03. The summed E-state index contributed by atoms with van der Waals surface area (Å²) in [5, 5.41) is 11.5. The highest BCUT2D eigenvalue weighted by Crippen LogP contribution is 2.54. The SMILES string of the molecule is CCC(O)(CC)C1CC1c1nc2ccc(-n3ccc(OCc4ccc(Cl)cc4)cc3=O)cc2[nH]1. The molecule has 34 heavy (non-hydrogen) atoms. The molecule has 7 heteroatoms. The Bertz CT molecular complexity index is 1370. The van der Waals surface area contributed by atoms with Gasteiger partial charge in [-0.05, 0) is 67.1 Å². The van der Waals surface area contributed by atoms with E-state index >= 15 is 0 Å². The summed E-state index contributed by atoms with van der Waals surface area (Å²) >= 11 is 5.92. The number of H-pyrrole nitrogens is 1. The number of fused-ring (bicyclic) bond motifs is 1. The van der Waals surface area contributed by atoms with E-state index in [0.717, 1.165) is 47.4 Å². The molecule has 1 fully saturated rings. The van der Waals surface area contributed by atoms with Gasteiger partial charge in [0.15, 0.2) is 0 Å². The predicted octanol–water partition coefficient (Wildman–Crippen LogP) is 5.60. The summed E-state index contributed by atoms with van der Waals surface area (Å²) in [6.07, 6.45) is 4.16. The van der Waals surface area contributed by atoms with Gasteiger partial charge in [0.05, 0.1) is 22.3 Å². The fraction of sp³-hybridized carbons (Fsp3) is 0.333. The summed E-state index contributed by atoms with van der Waals surface area (Å²) in [7, 11) is 0. The molecule has 0 bridgehead atoms. The van der Waals surface area contributed by atoms with Crippen LogP contribution in [0.1, 0.15) is 50.4 Å². The number of aromatic nitrogens is 3. The van der Waals surface area contributed by atoms with E-state index in [1.807, 2.05) is 56.3 Å². The number of aliphatic hydroxyl groups is 1. The van der Waals surface area contributed by atoms with Gasteiger partial charge in [-0.25, -0.2) is 4.98 Å². The second-order valence-electron chi connectivity index (χ2n) is 9.07. The van der Waals surface area contributed by atoms with Gasteiger partial charge in [0.25, 0.3) is 5.56 Å². The summed E-state index contributed by atoms with van der Waals surface area (Å²) in [5.74, 6) is 1.92. The Morgan fingerprint density at radius 1 is 1.15 bits per heavy atom. The van der Waals surface area contributed by atoms with Crippen molar-refractivity contribution in [3.05, 3.63) is 87.6 Å². The maximum Gasteiger partial charge on any atom is 0.258 e. The largest absolute Gasteiger partial charge is 0.489 e. The Balaban J connectivity index is 1.33. The Kier molecular flexibility index (Phi) is 5.96. The molecule has 2 aromatic carbocycles. The first-order valence-electron chi connectivity index (χ1n) is 11.7. The van der Waals surface area contributed by atoms with Gasteiger partial charge in [-0.1, -0.05) is 37.6 Å². The monoisotopic (exact) mass is 477 g/mol. The summed E-state index contributed by atoms with van der Waals surface area (Å²) < 4.78 is 7.36. The fourth-order valence-electron chi connectivity index (χ4n) is 4.72. The average molecular weight is 478 g/mol. The van der Waals surface area contributed by atoms with Crippen molar-refractivity contribution in [1.29, 1.82) is 0 Å². The molecule has 1 aliphatic carbocycles. The zero-order valence-corrected chi connectivity index (χ0v) is 20.0. The molecule has 2 N–H and O–H groups in total. The number of nitrogens with one attached hydrogen (secondary N) is 1. The van der Waals surface area contributed by atoms with Crippen molar-refractivity contribution in [2.45, 2.75) is 51.2 Å². The van der Waals surface area contributed by atoms with Gasteiger partial charge in [0.2, 0.25) is 0 Å². The minimum atomic E-state index is -0.626. The second-order valence-corrected chi connectivity index (χ2v) is 9.51. The van der Waals surface area contributed by atoms with E-state index in [2.05, 4.69) is 4.98 Å². The quantitative estimate of drug-likeness (QED) is 0.346. The first-order chi connectivity index (χ1) is 16.4. The number of pyridine rings is 1. The minimum absolute atomic E-state index is 0.175. The summed E-state index contributed by atoms with van der Waals surface area (Å²) in [4.78, 5) is 21.0. The van der Waals surface area contributed by atoms with Gasteiger partial charge in [-0.2, -0.15) is 0 Å². The molecule has 0 spiro atoms. The lowest BCUT2D eigenvalue weighted by molar-refractivity contribution is 0.00763. The maximum atomic E-state index is 12.8. The van der Waals surface area contributed by atoms with Crippen LogP contribution in [0.25, 0.3) is 16.7 Å². The van der Waals surface area contributed by atoms with Crippen LogP contribution in [0.5, 0.6) is 5.75 Å². The Morgan fingerprint density at radius 2 is 1.91 bits per heavy atom. The Labute approximate surface area is 203 Å². The molecule has 176 valence electrons. The summed E-state index contributed by atoms with van der Waals surface area (Å²) in [5.41, 5.74) is 2.66. The van der Waals surface area contributed by atoms with Crippen molar-refractivity contribution in [3.8, 4) is 11.4 Å². The zero-order valence-electron chi connectivity index (χ0n) is 19.3. The lowest BCUT2D eigenvalue weighted by Gasteiger charge is -2.25. The smallest absolute Gasteiger partial charge is 0.258 e. The summed E-state index contributed by atoms with van der Waals surface area (Å²) in [6.45, 7) is 4.43. The number of halogens is 1. The number of aromatic amines is 1. The van der Waals surface area contributed by atoms with Crippen LogP contribution in [0.3, 0.4) is 0 Å². The molecule has 2 aromatic heterocycles. The third kappa shape index (κ3) is 4.36. The van der Waals surface area contributed by atoms with Gasteiger partial charge in [-0.15, -0.1) is 0 Å². The third-order valence-corrected chi connectivity index (χ3v) is 7.28. The van der Waals surface area contributed by atoms with Gasteiger partial charge < -0.3 is 14.8 Å². The summed E-state index contributed by atoms with van der Waals surface area (Å²) in [6, 6.07) is 16.4. The molecule has 2 atom stereocenters. The van der Waals surface area contributed by atoms with Crippen LogP contribution in [-0.4, -0.2) is 25.2 Å². The standard InChI is InChI=1S/C27H28ClN3O3/c1-3-27(33,4-2)22-15-21(22)26-29-23-10-9-19(13-24(23)30-26)31-12-11-20(14-25(31)32)34-16-17-5-7-18(28)8-6-17/h5-14,21-22,33H,3-4,15-16H2,1-2H3,(H,29,30). The van der Waals surface area contributed by atoms with Gasteiger partial charge in [0.1, 0.15) is 18.2 Å². The molecular weight excluding hydrogens is 450 g/mol. The number of ether oxygens (including phenoxy) is 1. The highest BCUT2D eigenvalue weighted by molar-refractivity contribution is 6.30. The Hall–Kier alpha value is -3.09. The van der Waals surface area contributed by atoms with Crippen LogP contribution >= 0.6 is 11.6 Å². The molecule has 2 unspecified atom stereocenters. The van der Waals surface area contributed by atoms with Gasteiger partial charge in [-0.3, -0.25) is 9.36 Å². The lowest BCUT2D eigenvalue weighted by atomic mass is 9.90. The van der Waals surface area contributed by atoms with Crippen molar-refractivity contribution in [2.75, 3.05) is 0 Å². The van der Waals surface area contributed by atoms with Gasteiger partial charge in [0, 0.05) is 23.2 Å². The number of rotatable bonds is 8. The number of imidazole rings is 1. The first kappa shape index (κ1) is 22.7. The number of hydrogen-bond donors (Lipinski definition) is 2. The molecular formula is C27H28ClN3O3. The molecule has 4 aromatic rings. The van der Waals surface area contributed by atoms with E-state index < -0.39 is 5.60 Å². The van der Waals surface area contributed by atoms with Crippen molar-refractivity contribution < 1.29 is 9.84 Å². The van der Waals surface area contributed by atoms with Gasteiger partial charge >= 0.3 is 0 Å². The van der Waals surface area contributed by atoms with Crippen LogP contribution in [0.15, 0.2) is 65.6 Å². The molecule has 2 heterocycles. The first-order valence-corrected chi connectivity index (χ1v) is 12.1. The molecule has 1 saturated carbocycles. The van der Waals surface area contributed by atoms with Crippen molar-refractivity contribution >= 4 is 22.6 Å². The van der Waals surface area contributed by atoms with Crippen LogP contribution in [0.4, 0.5) is 0 Å². The highest BCUT2D eigenvalue weighted by atomic mass is 35.5. The highest BCUT2D eigenvalue weighted by Gasteiger charge is 2.52. The van der Waals surface area contributed by atoms with E-state index in [1.165, 1.54) is 6.07 Å². The van der Waals surface area contributed by atoms with Crippen molar-refractivity contribution in [1.82, 2.24) is 14.5 Å². The average Bonchev–Trinajstić information content (AvgIpc) is 3.55. The van der Waals surface area contributed by atoms with E-state index in [0.29, 0.717) is 17.4 Å². The lowest BCUT2D eigenvalue weighted by Crippen LogP contribution is -2.30. The molecule has 6 nitrogen and oxygen atoms in total. The zero-order chi connectivity index (χ0) is 23.9. The van der Waals surface area contributed by atoms with Crippen molar-refractivity contribution in [2.24, 2.45) is 5.92 Å². The van der Waals surface area contributed by atoms with Crippen LogP contribution < -0.4 is 10.3 Å². The van der Waals surface area contributed by atoms with E-state index in [4.69, 9.17) is 21.3 Å². The second kappa shape index (κ2) is 8.93. The number of hydrogen-bond acceptors (Lipinski definition) is 4. The normalized spacial score (nSPS) is 17.8. The molecule has 0 amide bonds. The number of nitrogens with zero attached hydrogens (tertiary/aromatic N) is 2. The fourth-order valence-corrected chi connectivity index (χ4v) is 4.85. The van der Waals surface area contributed by atoms with E-state index in [-0.39, 0.29) is 17.4 Å². The van der Waals surface area contributed by atoms with Crippen LogP contribution in [0, 0.1) is 5.92 Å². The minimum Gasteiger partial charge on any atom is -0.489 e. The predicted molar refractivity (Wildman–Crippen MR) is 134 cm³/mol. The molecule has 0 radical (unpaired) electrons. The number of benzene rings is 2. The topological polar surface area (TPSA) is 80.1 Å².